The molecule has 0 aromatic heterocycles. The third-order valence-corrected chi connectivity index (χ3v) is 5.49. The summed E-state index contributed by atoms with van der Waals surface area (Å²) in [5.74, 6) is 1.12. The number of halogens is 2. The number of carbonyl (C=O) groups excluding carboxylic acids is 1. The monoisotopic (exact) mass is 464 g/mol. The predicted molar refractivity (Wildman–Crippen MR) is 114 cm³/mol. The Morgan fingerprint density at radius 3 is 2.83 bits per heavy atom. The average Bonchev–Trinajstić information content (AvgIpc) is 3.12. The molecular weight excluding hydrogens is 439 g/mol. The summed E-state index contributed by atoms with van der Waals surface area (Å²) in [5.41, 5.74) is 1.54. The number of hydrogen-bond donors (Lipinski definition) is 1. The highest BCUT2D eigenvalue weighted by molar-refractivity contribution is 9.10. The van der Waals surface area contributed by atoms with Crippen molar-refractivity contribution >= 4 is 21.8 Å². The van der Waals surface area contributed by atoms with Crippen molar-refractivity contribution in [2.45, 2.75) is 32.4 Å². The van der Waals surface area contributed by atoms with Gasteiger partial charge in [0.2, 0.25) is 5.91 Å². The summed E-state index contributed by atoms with van der Waals surface area (Å²) in [5, 5.41) is 3.40. The van der Waals surface area contributed by atoms with Crippen molar-refractivity contribution in [3.8, 4) is 11.5 Å². The molecule has 2 aromatic rings. The van der Waals surface area contributed by atoms with Crippen LogP contribution in [0.25, 0.3) is 0 Å². The van der Waals surface area contributed by atoms with Crippen molar-refractivity contribution in [3.05, 3.63) is 57.8 Å². The maximum absolute atomic E-state index is 13.8. The van der Waals surface area contributed by atoms with E-state index in [1.807, 2.05) is 17.0 Å². The zero-order valence-corrected chi connectivity index (χ0v) is 18.1. The van der Waals surface area contributed by atoms with Gasteiger partial charge in [-0.2, -0.15) is 0 Å². The molecule has 156 valence electrons. The minimum Gasteiger partial charge on any atom is -0.493 e. The van der Waals surface area contributed by atoms with Crippen LogP contribution >= 0.6 is 15.9 Å². The first kappa shape index (κ1) is 21.6. The number of amides is 1. The first-order valence-electron chi connectivity index (χ1n) is 9.79. The maximum atomic E-state index is 13.8. The molecule has 3 rings (SSSR count). The Balaban J connectivity index is 1.52. The molecule has 1 saturated heterocycles. The van der Waals surface area contributed by atoms with E-state index >= 15 is 0 Å². The average molecular weight is 465 g/mol. The minimum absolute atomic E-state index is 0.119. The van der Waals surface area contributed by atoms with E-state index in [4.69, 9.17) is 9.47 Å². The summed E-state index contributed by atoms with van der Waals surface area (Å²) in [7, 11) is 1.59. The molecule has 1 N–H and O–H groups in total. The van der Waals surface area contributed by atoms with Crippen molar-refractivity contribution in [2.24, 2.45) is 0 Å². The summed E-state index contributed by atoms with van der Waals surface area (Å²) >= 11 is 3.53. The lowest BCUT2D eigenvalue weighted by atomic mass is 10.2. The van der Waals surface area contributed by atoms with Crippen molar-refractivity contribution in [1.29, 1.82) is 0 Å². The summed E-state index contributed by atoms with van der Waals surface area (Å²) in [6.45, 7) is 3.32. The van der Waals surface area contributed by atoms with Crippen LogP contribution in [0.5, 0.6) is 11.5 Å². The van der Waals surface area contributed by atoms with Crippen molar-refractivity contribution in [2.75, 3.05) is 26.7 Å². The van der Waals surface area contributed by atoms with Crippen molar-refractivity contribution in [1.82, 2.24) is 10.2 Å². The number of likely N-dealkylation sites (tertiary alicyclic amines) is 1. The van der Waals surface area contributed by atoms with Gasteiger partial charge in [0.1, 0.15) is 12.4 Å². The smallest absolute Gasteiger partial charge is 0.222 e. The largest absolute Gasteiger partial charge is 0.493 e. The molecule has 5 nitrogen and oxygen atoms in total. The van der Waals surface area contributed by atoms with E-state index in [0.717, 1.165) is 42.5 Å². The van der Waals surface area contributed by atoms with Crippen LogP contribution in [0.3, 0.4) is 0 Å². The van der Waals surface area contributed by atoms with Crippen molar-refractivity contribution in [3.63, 3.8) is 0 Å². The van der Waals surface area contributed by atoms with Gasteiger partial charge in [0, 0.05) is 31.6 Å². The van der Waals surface area contributed by atoms with Crippen LogP contribution in [0, 0.1) is 5.82 Å². The van der Waals surface area contributed by atoms with Gasteiger partial charge in [-0.15, -0.1) is 0 Å². The zero-order chi connectivity index (χ0) is 20.6. The van der Waals surface area contributed by atoms with Gasteiger partial charge >= 0.3 is 0 Å². The molecule has 0 spiro atoms. The molecule has 1 amide bonds. The normalized spacial score (nSPS) is 13.8. The number of hydrogen-bond acceptors (Lipinski definition) is 4. The fourth-order valence-corrected chi connectivity index (χ4v) is 3.95. The van der Waals surface area contributed by atoms with Gasteiger partial charge in [-0.3, -0.25) is 4.79 Å². The Hall–Kier alpha value is -2.12. The third-order valence-electron chi connectivity index (χ3n) is 4.90. The summed E-state index contributed by atoms with van der Waals surface area (Å²) in [6.07, 6.45) is 2.59. The van der Waals surface area contributed by atoms with Crippen LogP contribution in [0.1, 0.15) is 30.4 Å². The minimum atomic E-state index is -0.293. The van der Waals surface area contributed by atoms with Crippen LogP contribution in [0.15, 0.2) is 40.9 Å². The van der Waals surface area contributed by atoms with Gasteiger partial charge in [-0.1, -0.05) is 18.2 Å². The van der Waals surface area contributed by atoms with E-state index < -0.39 is 0 Å². The van der Waals surface area contributed by atoms with E-state index in [-0.39, 0.29) is 18.3 Å². The second kappa shape index (κ2) is 10.6. The molecule has 0 atom stereocenters. The molecule has 1 heterocycles. The predicted octanol–water partition coefficient (Wildman–Crippen LogP) is 4.28. The SMILES string of the molecule is COc1cc(CNCCCN2CCCC2=O)cc(Br)c1OCc1ccccc1F. The van der Waals surface area contributed by atoms with E-state index in [9.17, 15) is 9.18 Å². The summed E-state index contributed by atoms with van der Waals surface area (Å²) < 4.78 is 25.9. The van der Waals surface area contributed by atoms with E-state index in [1.54, 1.807) is 25.3 Å². The number of nitrogens with one attached hydrogen (secondary N) is 1. The van der Waals surface area contributed by atoms with Gasteiger partial charge in [-0.05, 0) is 59.1 Å². The Bertz CT molecular complexity index is 847. The van der Waals surface area contributed by atoms with Crippen LogP contribution in [0.2, 0.25) is 0 Å². The number of ether oxygens (including phenoxy) is 2. The van der Waals surface area contributed by atoms with Gasteiger partial charge in [0.25, 0.3) is 0 Å². The molecule has 0 unspecified atom stereocenters. The molecule has 0 radical (unpaired) electrons. The van der Waals surface area contributed by atoms with Crippen molar-refractivity contribution < 1.29 is 18.7 Å². The fraction of sp³-hybridized carbons (Fsp3) is 0.409. The summed E-state index contributed by atoms with van der Waals surface area (Å²) in [4.78, 5) is 13.5. The highest BCUT2D eigenvalue weighted by atomic mass is 79.9. The first-order valence-corrected chi connectivity index (χ1v) is 10.6. The molecule has 1 aliphatic rings. The van der Waals surface area contributed by atoms with Gasteiger partial charge < -0.3 is 19.7 Å². The van der Waals surface area contributed by atoms with Crippen LogP contribution in [0.4, 0.5) is 4.39 Å². The first-order chi connectivity index (χ1) is 14.1. The standard InChI is InChI=1S/C22H26BrFN2O3/c1-28-20-13-16(14-25-9-5-11-26-10-4-8-21(26)27)12-18(23)22(20)29-15-17-6-2-3-7-19(17)24/h2-3,6-7,12-13,25H,4-5,8-11,14-15H2,1H3. The lowest BCUT2D eigenvalue weighted by Crippen LogP contribution is -2.28. The molecule has 7 heteroatoms. The molecule has 1 fully saturated rings. The second-order valence-electron chi connectivity index (χ2n) is 7.00. The van der Waals surface area contributed by atoms with Gasteiger partial charge in [0.05, 0.1) is 11.6 Å². The van der Waals surface area contributed by atoms with Crippen LogP contribution in [-0.2, 0) is 17.9 Å². The molecule has 0 saturated carbocycles. The highest BCUT2D eigenvalue weighted by Gasteiger charge is 2.19. The fourth-order valence-electron chi connectivity index (χ4n) is 3.35. The highest BCUT2D eigenvalue weighted by Crippen LogP contribution is 2.37. The molecule has 0 bridgehead atoms. The number of nitrogens with zero attached hydrogens (tertiary/aromatic N) is 1. The Morgan fingerprint density at radius 2 is 2.10 bits per heavy atom. The summed E-state index contributed by atoms with van der Waals surface area (Å²) in [6, 6.07) is 10.4. The zero-order valence-electron chi connectivity index (χ0n) is 16.5. The van der Waals surface area contributed by atoms with Crippen LogP contribution < -0.4 is 14.8 Å². The number of methoxy groups -OCH3 is 1. The second-order valence-corrected chi connectivity index (χ2v) is 7.86. The topological polar surface area (TPSA) is 50.8 Å². The number of rotatable bonds is 10. The molecule has 2 aromatic carbocycles. The lowest BCUT2D eigenvalue weighted by molar-refractivity contribution is -0.127. The van der Waals surface area contributed by atoms with Gasteiger partial charge in [-0.25, -0.2) is 4.39 Å². The lowest BCUT2D eigenvalue weighted by Gasteiger charge is -2.16. The van der Waals surface area contributed by atoms with E-state index in [2.05, 4.69) is 21.2 Å². The quantitative estimate of drug-likeness (QED) is 0.533. The molecule has 0 aliphatic carbocycles. The number of carbonyl (C=O) groups is 1. The van der Waals surface area contributed by atoms with E-state index in [1.165, 1.54) is 6.07 Å². The number of benzene rings is 2. The van der Waals surface area contributed by atoms with Gasteiger partial charge in [0.15, 0.2) is 11.5 Å². The molecule has 29 heavy (non-hydrogen) atoms. The van der Waals surface area contributed by atoms with Crippen LogP contribution in [-0.4, -0.2) is 37.6 Å². The molecule has 1 aliphatic heterocycles. The molecular formula is C22H26BrFN2O3. The Labute approximate surface area is 179 Å². The maximum Gasteiger partial charge on any atom is 0.222 e. The van der Waals surface area contributed by atoms with E-state index in [0.29, 0.717) is 30.0 Å². The third kappa shape index (κ3) is 5.93. The Kier molecular flexibility index (Phi) is 7.89. The Morgan fingerprint density at radius 1 is 1.28 bits per heavy atom.